The standard InChI is InChI=1S/C13H15BrF3NO4S/c1-3-22-12(19)9-4-5-10(13(15,16)17)11(8-9)18(7-6-14)23(2,20)21/h4-5,8H,3,6-7H2,1-2H3. The van der Waals surface area contributed by atoms with Gasteiger partial charge in [-0.3, -0.25) is 4.31 Å². The van der Waals surface area contributed by atoms with Crippen LogP contribution in [0.25, 0.3) is 0 Å². The molecule has 1 aromatic carbocycles. The molecule has 10 heteroatoms. The van der Waals surface area contributed by atoms with Crippen LogP contribution in [0.1, 0.15) is 22.8 Å². The minimum absolute atomic E-state index is 0.0480. The van der Waals surface area contributed by atoms with Crippen molar-refractivity contribution in [1.82, 2.24) is 0 Å². The zero-order chi connectivity index (χ0) is 17.8. The molecule has 1 rings (SSSR count). The number of ether oxygens (including phenoxy) is 1. The Hall–Kier alpha value is -1.29. The van der Waals surface area contributed by atoms with E-state index < -0.39 is 33.4 Å². The van der Waals surface area contributed by atoms with E-state index in [4.69, 9.17) is 4.74 Å². The minimum atomic E-state index is -4.77. The molecule has 0 aliphatic heterocycles. The van der Waals surface area contributed by atoms with E-state index in [9.17, 15) is 26.4 Å². The molecule has 0 radical (unpaired) electrons. The molecule has 0 saturated heterocycles. The molecule has 0 heterocycles. The first-order valence-electron chi connectivity index (χ1n) is 6.44. The highest BCUT2D eigenvalue weighted by molar-refractivity contribution is 9.09. The van der Waals surface area contributed by atoms with Gasteiger partial charge in [0.25, 0.3) is 0 Å². The van der Waals surface area contributed by atoms with Crippen LogP contribution in [0, 0.1) is 0 Å². The van der Waals surface area contributed by atoms with Crippen LogP contribution in [0.4, 0.5) is 18.9 Å². The number of hydrogen-bond donors (Lipinski definition) is 0. The molecular formula is C13H15BrF3NO4S. The van der Waals surface area contributed by atoms with Crippen LogP contribution in [-0.4, -0.2) is 39.1 Å². The first-order valence-corrected chi connectivity index (χ1v) is 9.41. The van der Waals surface area contributed by atoms with Crippen molar-refractivity contribution in [3.8, 4) is 0 Å². The Morgan fingerprint density at radius 1 is 1.35 bits per heavy atom. The van der Waals surface area contributed by atoms with Crippen molar-refractivity contribution in [3.05, 3.63) is 29.3 Å². The Balaban J connectivity index is 3.55. The van der Waals surface area contributed by atoms with Gasteiger partial charge in [0, 0.05) is 11.9 Å². The van der Waals surface area contributed by atoms with Gasteiger partial charge in [-0.15, -0.1) is 0 Å². The van der Waals surface area contributed by atoms with Gasteiger partial charge in [-0.2, -0.15) is 13.2 Å². The molecule has 0 aliphatic rings. The van der Waals surface area contributed by atoms with Crippen molar-refractivity contribution >= 4 is 37.6 Å². The number of benzene rings is 1. The Kier molecular flexibility index (Phi) is 6.46. The monoisotopic (exact) mass is 417 g/mol. The molecule has 23 heavy (non-hydrogen) atoms. The molecule has 130 valence electrons. The summed E-state index contributed by atoms with van der Waals surface area (Å²) in [4.78, 5) is 11.7. The summed E-state index contributed by atoms with van der Waals surface area (Å²) >= 11 is 3.01. The van der Waals surface area contributed by atoms with Gasteiger partial charge in [0.05, 0.1) is 29.7 Å². The fraction of sp³-hybridized carbons (Fsp3) is 0.462. The summed E-state index contributed by atoms with van der Waals surface area (Å²) in [6.45, 7) is 1.39. The molecule has 0 atom stereocenters. The van der Waals surface area contributed by atoms with Crippen LogP contribution in [0.5, 0.6) is 0 Å². The first kappa shape index (κ1) is 19.8. The molecule has 5 nitrogen and oxygen atoms in total. The van der Waals surface area contributed by atoms with E-state index in [1.807, 2.05) is 0 Å². The van der Waals surface area contributed by atoms with E-state index in [0.29, 0.717) is 10.4 Å². The Bertz CT molecular complexity index is 676. The number of alkyl halides is 4. The average Bonchev–Trinajstić information content (AvgIpc) is 2.42. The van der Waals surface area contributed by atoms with Gasteiger partial charge in [-0.25, -0.2) is 13.2 Å². The highest BCUT2D eigenvalue weighted by Gasteiger charge is 2.37. The number of carbonyl (C=O) groups is 1. The van der Waals surface area contributed by atoms with E-state index in [0.717, 1.165) is 18.4 Å². The quantitative estimate of drug-likeness (QED) is 0.527. The molecule has 0 spiro atoms. The molecule has 0 aromatic heterocycles. The maximum atomic E-state index is 13.2. The number of esters is 1. The zero-order valence-corrected chi connectivity index (χ0v) is 14.8. The Morgan fingerprint density at radius 3 is 2.39 bits per heavy atom. The molecule has 0 unspecified atom stereocenters. The first-order chi connectivity index (χ1) is 10.5. The van der Waals surface area contributed by atoms with Gasteiger partial charge in [0.2, 0.25) is 10.0 Å². The second-order valence-electron chi connectivity index (χ2n) is 4.47. The van der Waals surface area contributed by atoms with Crippen LogP contribution in [0.3, 0.4) is 0 Å². The number of nitrogens with zero attached hydrogens (tertiary/aromatic N) is 1. The van der Waals surface area contributed by atoms with Gasteiger partial charge in [-0.05, 0) is 25.1 Å². The van der Waals surface area contributed by atoms with Crippen molar-refractivity contribution < 1.29 is 31.1 Å². The maximum absolute atomic E-state index is 13.2. The van der Waals surface area contributed by atoms with Gasteiger partial charge >= 0.3 is 12.1 Å². The van der Waals surface area contributed by atoms with Gasteiger partial charge in [-0.1, -0.05) is 15.9 Å². The molecule has 0 saturated carbocycles. The largest absolute Gasteiger partial charge is 0.462 e. The smallest absolute Gasteiger partial charge is 0.418 e. The van der Waals surface area contributed by atoms with Crippen LogP contribution in [0.15, 0.2) is 18.2 Å². The number of anilines is 1. The molecule has 0 amide bonds. The van der Waals surface area contributed by atoms with E-state index in [2.05, 4.69) is 15.9 Å². The van der Waals surface area contributed by atoms with E-state index in [-0.39, 0.29) is 24.0 Å². The van der Waals surface area contributed by atoms with E-state index in [1.54, 1.807) is 6.92 Å². The topological polar surface area (TPSA) is 63.7 Å². The van der Waals surface area contributed by atoms with Gasteiger partial charge in [0.15, 0.2) is 0 Å². The van der Waals surface area contributed by atoms with Crippen LogP contribution in [-0.2, 0) is 20.9 Å². The van der Waals surface area contributed by atoms with Crippen molar-refractivity contribution in [2.45, 2.75) is 13.1 Å². The lowest BCUT2D eigenvalue weighted by Crippen LogP contribution is -2.33. The summed E-state index contributed by atoms with van der Waals surface area (Å²) in [6.07, 6.45) is -3.97. The van der Waals surface area contributed by atoms with E-state index >= 15 is 0 Å². The van der Waals surface area contributed by atoms with Crippen LogP contribution >= 0.6 is 15.9 Å². The molecule has 0 aliphatic carbocycles. The van der Waals surface area contributed by atoms with Crippen molar-refractivity contribution in [3.63, 3.8) is 0 Å². The fourth-order valence-corrected chi connectivity index (χ4v) is 3.38. The normalized spacial score (nSPS) is 12.1. The third-order valence-electron chi connectivity index (χ3n) is 2.77. The molecule has 0 bridgehead atoms. The number of carbonyl (C=O) groups excluding carboxylic acids is 1. The van der Waals surface area contributed by atoms with Crippen LogP contribution < -0.4 is 4.31 Å². The predicted molar refractivity (Wildman–Crippen MR) is 83.4 cm³/mol. The summed E-state index contributed by atoms with van der Waals surface area (Å²) in [6, 6.07) is 2.51. The fourth-order valence-electron chi connectivity index (χ4n) is 1.86. The molecule has 0 fully saturated rings. The lowest BCUT2D eigenvalue weighted by atomic mass is 10.1. The third-order valence-corrected chi connectivity index (χ3v) is 4.31. The lowest BCUT2D eigenvalue weighted by molar-refractivity contribution is -0.137. The summed E-state index contributed by atoms with van der Waals surface area (Å²) in [5.74, 6) is -0.824. The highest BCUT2D eigenvalue weighted by atomic mass is 79.9. The third kappa shape index (κ3) is 5.10. The molecule has 0 N–H and O–H groups in total. The van der Waals surface area contributed by atoms with Crippen molar-refractivity contribution in [2.75, 3.05) is 29.0 Å². The minimum Gasteiger partial charge on any atom is -0.462 e. The maximum Gasteiger partial charge on any atom is 0.418 e. The SMILES string of the molecule is CCOC(=O)c1ccc(C(F)(F)F)c(N(CCBr)S(C)(=O)=O)c1. The zero-order valence-electron chi connectivity index (χ0n) is 12.4. The van der Waals surface area contributed by atoms with Crippen molar-refractivity contribution in [1.29, 1.82) is 0 Å². The summed E-state index contributed by atoms with van der Waals surface area (Å²) in [5.41, 5.74) is -1.90. The van der Waals surface area contributed by atoms with Crippen molar-refractivity contribution in [2.24, 2.45) is 0 Å². The number of rotatable bonds is 6. The van der Waals surface area contributed by atoms with E-state index in [1.165, 1.54) is 0 Å². The molecular weight excluding hydrogens is 403 g/mol. The second-order valence-corrected chi connectivity index (χ2v) is 7.17. The summed E-state index contributed by atoms with van der Waals surface area (Å²) in [5, 5.41) is 0.126. The number of halogens is 4. The second kappa shape index (κ2) is 7.52. The van der Waals surface area contributed by atoms with Crippen LogP contribution in [0.2, 0.25) is 0 Å². The Labute approximate surface area is 140 Å². The summed E-state index contributed by atoms with van der Waals surface area (Å²) < 4.78 is 68.5. The van der Waals surface area contributed by atoms with Gasteiger partial charge in [0.1, 0.15) is 0 Å². The Morgan fingerprint density at radius 2 is 1.96 bits per heavy atom. The number of hydrogen-bond acceptors (Lipinski definition) is 4. The highest BCUT2D eigenvalue weighted by Crippen LogP contribution is 2.38. The average molecular weight is 418 g/mol. The number of sulfonamides is 1. The van der Waals surface area contributed by atoms with Gasteiger partial charge < -0.3 is 4.74 Å². The molecule has 1 aromatic rings. The lowest BCUT2D eigenvalue weighted by Gasteiger charge is -2.25. The predicted octanol–water partition coefficient (Wildman–Crippen LogP) is 3.04. The summed E-state index contributed by atoms with van der Waals surface area (Å²) in [7, 11) is -3.97.